The molecular formula is C14H23ClN4O2S. The summed E-state index contributed by atoms with van der Waals surface area (Å²) in [5.74, 6) is 0.593. The van der Waals surface area contributed by atoms with Crippen LogP contribution in [-0.2, 0) is 4.79 Å². The maximum Gasteiger partial charge on any atom is 0.312 e. The third-order valence-corrected chi connectivity index (χ3v) is 4.62. The van der Waals surface area contributed by atoms with Gasteiger partial charge in [-0.1, -0.05) is 6.07 Å². The van der Waals surface area contributed by atoms with Crippen molar-refractivity contribution in [3.8, 4) is 0 Å². The molecule has 0 bridgehead atoms. The first-order valence-corrected chi connectivity index (χ1v) is 8.10. The zero-order chi connectivity index (χ0) is 15.1. The van der Waals surface area contributed by atoms with Crippen LogP contribution in [0.15, 0.2) is 17.5 Å². The van der Waals surface area contributed by atoms with E-state index in [-0.39, 0.29) is 30.8 Å². The number of amides is 3. The number of halogens is 1. The highest BCUT2D eigenvalue weighted by Gasteiger charge is 2.19. The molecule has 1 saturated heterocycles. The molecule has 1 fully saturated rings. The van der Waals surface area contributed by atoms with E-state index in [2.05, 4.69) is 16.0 Å². The van der Waals surface area contributed by atoms with Crippen molar-refractivity contribution < 1.29 is 9.59 Å². The van der Waals surface area contributed by atoms with Gasteiger partial charge in [-0.15, -0.1) is 23.7 Å². The van der Waals surface area contributed by atoms with E-state index in [0.717, 1.165) is 24.4 Å². The largest absolute Gasteiger partial charge is 0.356 e. The normalized spacial score (nSPS) is 18.3. The Hall–Kier alpha value is -1.31. The minimum absolute atomic E-state index is 0. The lowest BCUT2D eigenvalue weighted by atomic mass is 10.1. The molecule has 2 unspecified atom stereocenters. The van der Waals surface area contributed by atoms with E-state index >= 15 is 0 Å². The van der Waals surface area contributed by atoms with E-state index in [1.54, 1.807) is 0 Å². The number of thiophene rings is 1. The summed E-state index contributed by atoms with van der Waals surface area (Å²) in [5, 5.41) is 10.8. The van der Waals surface area contributed by atoms with Gasteiger partial charge in [0.2, 0.25) is 5.91 Å². The molecule has 124 valence electrons. The molecule has 0 aromatic carbocycles. The molecule has 6 nitrogen and oxygen atoms in total. The summed E-state index contributed by atoms with van der Waals surface area (Å²) < 4.78 is 0. The molecule has 2 atom stereocenters. The molecule has 0 aliphatic carbocycles. The number of nitrogens with one attached hydrogen (secondary N) is 3. The van der Waals surface area contributed by atoms with Crippen LogP contribution in [0.1, 0.15) is 30.2 Å². The molecule has 1 aliphatic heterocycles. The van der Waals surface area contributed by atoms with Crippen molar-refractivity contribution in [2.45, 2.75) is 25.3 Å². The standard InChI is InChI=1S/C14H22N4O2S.ClH/c15-14(20)18-11(12-2-1-7-21-12)8-13(19)17-6-4-10-3-5-16-9-10;/h1-2,7,10-11,16H,3-6,8-9H2,(H,17,19)(H3,15,18,20);1H. The van der Waals surface area contributed by atoms with Crippen molar-refractivity contribution in [1.82, 2.24) is 16.0 Å². The van der Waals surface area contributed by atoms with E-state index in [1.807, 2.05) is 17.5 Å². The van der Waals surface area contributed by atoms with Crippen LogP contribution in [0.25, 0.3) is 0 Å². The maximum atomic E-state index is 12.0. The second-order valence-corrected chi connectivity index (χ2v) is 6.26. The number of rotatable bonds is 7. The average Bonchev–Trinajstić information content (AvgIpc) is 3.10. The lowest BCUT2D eigenvalue weighted by Gasteiger charge is -2.16. The number of hydrogen-bond acceptors (Lipinski definition) is 4. The lowest BCUT2D eigenvalue weighted by molar-refractivity contribution is -0.121. The summed E-state index contributed by atoms with van der Waals surface area (Å²) >= 11 is 1.50. The van der Waals surface area contributed by atoms with Gasteiger partial charge in [-0.3, -0.25) is 4.79 Å². The molecule has 1 aliphatic rings. The number of carbonyl (C=O) groups excluding carboxylic acids is 2. The van der Waals surface area contributed by atoms with Gasteiger partial charge in [0.25, 0.3) is 0 Å². The van der Waals surface area contributed by atoms with Crippen LogP contribution in [0.5, 0.6) is 0 Å². The smallest absolute Gasteiger partial charge is 0.312 e. The fourth-order valence-corrected chi connectivity index (χ4v) is 3.30. The molecule has 22 heavy (non-hydrogen) atoms. The van der Waals surface area contributed by atoms with Gasteiger partial charge in [0.05, 0.1) is 12.5 Å². The van der Waals surface area contributed by atoms with Gasteiger partial charge in [0.15, 0.2) is 0 Å². The van der Waals surface area contributed by atoms with Crippen LogP contribution >= 0.6 is 23.7 Å². The number of urea groups is 1. The summed E-state index contributed by atoms with van der Waals surface area (Å²) in [6.07, 6.45) is 2.38. The molecule has 5 N–H and O–H groups in total. The van der Waals surface area contributed by atoms with Gasteiger partial charge < -0.3 is 21.7 Å². The van der Waals surface area contributed by atoms with E-state index in [1.165, 1.54) is 17.8 Å². The predicted octanol–water partition coefficient (Wildman–Crippen LogP) is 1.39. The van der Waals surface area contributed by atoms with Crippen LogP contribution in [0, 0.1) is 5.92 Å². The Labute approximate surface area is 140 Å². The van der Waals surface area contributed by atoms with Crippen molar-refractivity contribution in [3.05, 3.63) is 22.4 Å². The summed E-state index contributed by atoms with van der Waals surface area (Å²) in [5.41, 5.74) is 5.17. The number of hydrogen-bond donors (Lipinski definition) is 4. The first-order chi connectivity index (χ1) is 10.1. The Bertz CT molecular complexity index is 463. The highest BCUT2D eigenvalue weighted by Crippen LogP contribution is 2.21. The van der Waals surface area contributed by atoms with Gasteiger partial charge in [0, 0.05) is 11.4 Å². The van der Waals surface area contributed by atoms with Crippen molar-refractivity contribution in [1.29, 1.82) is 0 Å². The molecule has 2 heterocycles. The van der Waals surface area contributed by atoms with Crippen LogP contribution < -0.4 is 21.7 Å². The number of primary amides is 1. The fraction of sp³-hybridized carbons (Fsp3) is 0.571. The zero-order valence-electron chi connectivity index (χ0n) is 12.3. The first-order valence-electron chi connectivity index (χ1n) is 7.22. The average molecular weight is 347 g/mol. The Balaban J connectivity index is 0.00000242. The quantitative estimate of drug-likeness (QED) is 0.600. The van der Waals surface area contributed by atoms with E-state index in [9.17, 15) is 9.59 Å². The van der Waals surface area contributed by atoms with Crippen LogP contribution in [0.4, 0.5) is 4.79 Å². The monoisotopic (exact) mass is 346 g/mol. The fourth-order valence-electron chi connectivity index (χ4n) is 2.52. The van der Waals surface area contributed by atoms with Crippen molar-refractivity contribution in [3.63, 3.8) is 0 Å². The molecule has 0 saturated carbocycles. The van der Waals surface area contributed by atoms with Gasteiger partial charge >= 0.3 is 6.03 Å². The third-order valence-electron chi connectivity index (χ3n) is 3.63. The zero-order valence-corrected chi connectivity index (χ0v) is 14.0. The molecule has 3 amide bonds. The van der Waals surface area contributed by atoms with E-state index in [4.69, 9.17) is 5.73 Å². The lowest BCUT2D eigenvalue weighted by Crippen LogP contribution is -2.36. The summed E-state index contributed by atoms with van der Waals surface area (Å²) in [6, 6.07) is 2.82. The number of carbonyl (C=O) groups is 2. The summed E-state index contributed by atoms with van der Waals surface area (Å²) in [7, 11) is 0. The van der Waals surface area contributed by atoms with Gasteiger partial charge in [-0.2, -0.15) is 0 Å². The van der Waals surface area contributed by atoms with Gasteiger partial charge in [-0.05, 0) is 43.3 Å². The van der Waals surface area contributed by atoms with Crippen molar-refractivity contribution in [2.24, 2.45) is 11.7 Å². The minimum atomic E-state index is -0.613. The number of nitrogens with two attached hydrogens (primary N) is 1. The topological polar surface area (TPSA) is 96.2 Å². The maximum absolute atomic E-state index is 12.0. The highest BCUT2D eigenvalue weighted by atomic mass is 35.5. The van der Waals surface area contributed by atoms with Crippen LogP contribution in [0.2, 0.25) is 0 Å². The minimum Gasteiger partial charge on any atom is -0.356 e. The molecule has 2 rings (SSSR count). The molecule has 1 aromatic rings. The summed E-state index contributed by atoms with van der Waals surface area (Å²) in [4.78, 5) is 24.0. The third kappa shape index (κ3) is 6.21. The SMILES string of the molecule is Cl.NC(=O)NC(CC(=O)NCCC1CCNC1)c1cccs1. The Morgan fingerprint density at radius 2 is 2.32 bits per heavy atom. The van der Waals surface area contributed by atoms with Crippen molar-refractivity contribution >= 4 is 35.7 Å². The van der Waals surface area contributed by atoms with Gasteiger partial charge in [0.1, 0.15) is 0 Å². The van der Waals surface area contributed by atoms with Crippen molar-refractivity contribution in [2.75, 3.05) is 19.6 Å². The van der Waals surface area contributed by atoms with Gasteiger partial charge in [-0.25, -0.2) is 4.79 Å². The predicted molar refractivity (Wildman–Crippen MR) is 90.2 cm³/mol. The van der Waals surface area contributed by atoms with Crippen LogP contribution in [0.3, 0.4) is 0 Å². The molecule has 0 spiro atoms. The Kier molecular flexibility index (Phi) is 8.22. The molecular weight excluding hydrogens is 324 g/mol. The second-order valence-electron chi connectivity index (χ2n) is 5.28. The molecule has 8 heteroatoms. The molecule has 0 radical (unpaired) electrons. The Morgan fingerprint density at radius 1 is 1.50 bits per heavy atom. The van der Waals surface area contributed by atoms with E-state index < -0.39 is 6.03 Å². The summed E-state index contributed by atoms with van der Waals surface area (Å²) in [6.45, 7) is 2.79. The molecule has 1 aromatic heterocycles. The highest BCUT2D eigenvalue weighted by molar-refractivity contribution is 7.10. The second kappa shape index (κ2) is 9.66. The Morgan fingerprint density at radius 3 is 2.91 bits per heavy atom. The van der Waals surface area contributed by atoms with Crippen LogP contribution in [-0.4, -0.2) is 31.6 Å². The van der Waals surface area contributed by atoms with E-state index in [0.29, 0.717) is 12.5 Å². The first kappa shape index (κ1) is 18.7.